The van der Waals surface area contributed by atoms with Gasteiger partial charge in [0.2, 0.25) is 0 Å². The maximum atomic E-state index is 14.8. The van der Waals surface area contributed by atoms with E-state index in [0.717, 1.165) is 87.8 Å². The number of benzene rings is 10. The Morgan fingerprint density at radius 3 is 1.57 bits per heavy atom. The second-order valence-corrected chi connectivity index (χ2v) is 20.7. The van der Waals surface area contributed by atoms with Crippen LogP contribution in [0.2, 0.25) is 10.0 Å². The predicted molar refractivity (Wildman–Crippen MR) is 331 cm³/mol. The van der Waals surface area contributed by atoms with Crippen LogP contribution in [0, 0.1) is 0 Å². The molecule has 0 aliphatic heterocycles. The fraction of sp³-hybridized carbons (Fsp3) is 0.134. The number of amides is 1. The summed E-state index contributed by atoms with van der Waals surface area (Å²) >= 11 is 13.1. The van der Waals surface area contributed by atoms with Crippen molar-refractivity contribution in [3.05, 3.63) is 202 Å². The summed E-state index contributed by atoms with van der Waals surface area (Å²) in [7, 11) is 0. The van der Waals surface area contributed by atoms with Crippen molar-refractivity contribution in [2.75, 3.05) is 36.3 Å². The minimum absolute atomic E-state index is 0.191. The molecule has 15 heteroatoms. The maximum Gasteiger partial charge on any atom is 0.262 e. The van der Waals surface area contributed by atoms with Gasteiger partial charge in [0.05, 0.1) is 46.9 Å². The SMILES string of the molecule is CCOc1c(CON(CC)c2ccccc2)cc2ccc3c4cc(Cl)ccc4[nH]c3c2c1N=Nc1ccc2c(c1)C(=O)c1cc(N=Nc3c(OCC)c(C(=O)N(CC)c4ccccc4)cc4ccc5c6cc(Cl)ccc6[nH]c5c34)ccc1-2. The molecule has 2 N–H and O–H groups in total. The van der Waals surface area contributed by atoms with Gasteiger partial charge in [-0.15, -0.1) is 10.2 Å². The highest BCUT2D eigenvalue weighted by Crippen LogP contribution is 2.49. The molecule has 82 heavy (non-hydrogen) atoms. The normalized spacial score (nSPS) is 12.3. The number of nitrogens with one attached hydrogen (secondary N) is 2. The number of ketones is 1. The Labute approximate surface area is 481 Å². The van der Waals surface area contributed by atoms with Crippen LogP contribution in [0.4, 0.5) is 34.1 Å². The van der Waals surface area contributed by atoms with Crippen molar-refractivity contribution in [2.45, 2.75) is 34.3 Å². The molecule has 12 aromatic rings. The van der Waals surface area contributed by atoms with Gasteiger partial charge in [-0.1, -0.05) is 96.0 Å². The van der Waals surface area contributed by atoms with Crippen molar-refractivity contribution >= 4 is 134 Å². The number of fused-ring (bicyclic) bond motifs is 13. The minimum Gasteiger partial charge on any atom is -0.491 e. The number of halogens is 2. The number of rotatable bonds is 16. The summed E-state index contributed by atoms with van der Waals surface area (Å²) in [5.41, 5.74) is 10.5. The number of H-pyrrole nitrogens is 2. The summed E-state index contributed by atoms with van der Waals surface area (Å²) < 4.78 is 12.9. The summed E-state index contributed by atoms with van der Waals surface area (Å²) in [4.78, 5) is 44.8. The molecule has 2 heterocycles. The van der Waals surface area contributed by atoms with E-state index in [1.807, 2.05) is 172 Å². The first-order valence-electron chi connectivity index (χ1n) is 27.3. The second-order valence-electron chi connectivity index (χ2n) is 19.9. The minimum atomic E-state index is -0.250. The summed E-state index contributed by atoms with van der Waals surface area (Å²) in [5.74, 6) is 0.379. The highest BCUT2D eigenvalue weighted by molar-refractivity contribution is 6.33. The number of azo groups is 2. The van der Waals surface area contributed by atoms with Gasteiger partial charge in [0.1, 0.15) is 18.0 Å². The molecule has 0 radical (unpaired) electrons. The van der Waals surface area contributed by atoms with Crippen molar-refractivity contribution in [1.82, 2.24) is 9.97 Å². The summed E-state index contributed by atoms with van der Waals surface area (Å²) in [6.45, 7) is 9.61. The molecule has 0 fully saturated rings. The van der Waals surface area contributed by atoms with E-state index in [9.17, 15) is 9.59 Å². The lowest BCUT2D eigenvalue weighted by Gasteiger charge is -2.23. The third kappa shape index (κ3) is 9.12. The van der Waals surface area contributed by atoms with Crippen LogP contribution in [0.3, 0.4) is 0 Å². The molecule has 13 nitrogen and oxygen atoms in total. The number of nitrogens with zero attached hydrogens (tertiary/aromatic N) is 6. The monoisotopic (exact) mass is 1120 g/mol. The van der Waals surface area contributed by atoms with E-state index in [-0.39, 0.29) is 30.7 Å². The molecular weight excluding hydrogens is 1070 g/mol. The largest absolute Gasteiger partial charge is 0.491 e. The number of anilines is 2. The van der Waals surface area contributed by atoms with Gasteiger partial charge in [0.25, 0.3) is 5.91 Å². The number of hydrogen-bond donors (Lipinski definition) is 2. The zero-order valence-electron chi connectivity index (χ0n) is 45.2. The number of hydrogen-bond acceptors (Lipinski definition) is 10. The molecule has 0 bridgehead atoms. The molecule has 0 saturated heterocycles. The maximum absolute atomic E-state index is 14.8. The van der Waals surface area contributed by atoms with Crippen LogP contribution in [0.1, 0.15) is 59.5 Å². The van der Waals surface area contributed by atoms with Crippen LogP contribution in [-0.2, 0) is 11.4 Å². The Bertz CT molecular complexity index is 4620. The number of aromatic amines is 2. The zero-order chi connectivity index (χ0) is 56.2. The van der Waals surface area contributed by atoms with E-state index in [1.165, 1.54) is 0 Å². The fourth-order valence-electron chi connectivity index (χ4n) is 11.4. The van der Waals surface area contributed by atoms with Crippen molar-refractivity contribution in [2.24, 2.45) is 20.5 Å². The zero-order valence-corrected chi connectivity index (χ0v) is 46.7. The Hall–Kier alpha value is -9.40. The molecule has 0 atom stereocenters. The van der Waals surface area contributed by atoms with Crippen LogP contribution >= 0.6 is 23.2 Å². The Morgan fingerprint density at radius 2 is 1.04 bits per heavy atom. The Kier molecular flexibility index (Phi) is 13.7. The number of hydroxylamine groups is 1. The third-order valence-corrected chi connectivity index (χ3v) is 15.5. The molecule has 1 aliphatic rings. The topological polar surface area (TPSA) is 149 Å². The lowest BCUT2D eigenvalue weighted by Crippen LogP contribution is -2.31. The Balaban J connectivity index is 0.883. The molecule has 13 rings (SSSR count). The number of para-hydroxylation sites is 2. The summed E-state index contributed by atoms with van der Waals surface area (Å²) in [6.07, 6.45) is 0. The molecule has 2 aromatic heterocycles. The molecule has 1 aliphatic carbocycles. The van der Waals surface area contributed by atoms with Gasteiger partial charge < -0.3 is 24.3 Å². The van der Waals surface area contributed by atoms with Crippen LogP contribution in [0.15, 0.2) is 190 Å². The van der Waals surface area contributed by atoms with Crippen LogP contribution < -0.4 is 19.4 Å². The summed E-state index contributed by atoms with van der Waals surface area (Å²) in [5, 5.41) is 29.8. The van der Waals surface area contributed by atoms with E-state index < -0.39 is 0 Å². The molecule has 404 valence electrons. The molecule has 0 saturated carbocycles. The van der Waals surface area contributed by atoms with Crippen molar-refractivity contribution in [1.29, 1.82) is 0 Å². The number of carbonyl (C=O) groups is 2. The average Bonchev–Trinajstić information content (AvgIpc) is 4.02. The van der Waals surface area contributed by atoms with Gasteiger partial charge in [-0.05, 0) is 147 Å². The third-order valence-electron chi connectivity index (χ3n) is 15.1. The molecule has 1 amide bonds. The lowest BCUT2D eigenvalue weighted by molar-refractivity contribution is 0.0953. The van der Waals surface area contributed by atoms with E-state index in [1.54, 1.807) is 17.0 Å². The van der Waals surface area contributed by atoms with Gasteiger partial charge in [-0.3, -0.25) is 19.5 Å². The standard InChI is InChI=1S/C67H52Cl2N8O5/c1-5-76(45-15-11-9-12-16-45)67(79)55-32-39-20-26-50-52-34-42(69)22-30-57(52)71-61(50)59(39)63(66(55)81-8-4)75-73-44-24-28-48-47-27-23-43(35-53(47)64(78)54(48)36-44)72-74-62-58-38(19-25-49-51-33-41(68)21-29-56(51)70-60(49)58)31-40(65(62)80-7-3)37-82-77(6-2)46-17-13-10-14-18-46/h9-36,70-71H,5-8,37H2,1-4H3. The highest BCUT2D eigenvalue weighted by Gasteiger charge is 2.30. The van der Waals surface area contributed by atoms with Crippen LogP contribution in [0.25, 0.3) is 76.3 Å². The number of aromatic nitrogens is 2. The first-order chi connectivity index (χ1) is 40.1. The van der Waals surface area contributed by atoms with Crippen molar-refractivity contribution in [3.8, 4) is 22.6 Å². The lowest BCUT2D eigenvalue weighted by atomic mass is 9.99. The van der Waals surface area contributed by atoms with Crippen molar-refractivity contribution in [3.63, 3.8) is 0 Å². The van der Waals surface area contributed by atoms with E-state index in [4.69, 9.17) is 58.0 Å². The van der Waals surface area contributed by atoms with Crippen molar-refractivity contribution < 1.29 is 23.9 Å². The Morgan fingerprint density at radius 1 is 0.512 bits per heavy atom. The quantitative estimate of drug-likeness (QED) is 0.0727. The number of ether oxygens (including phenoxy) is 2. The second kappa shape index (κ2) is 21.6. The van der Waals surface area contributed by atoms with Gasteiger partial charge >= 0.3 is 0 Å². The van der Waals surface area contributed by atoms with Gasteiger partial charge in [-0.2, -0.15) is 10.2 Å². The first kappa shape index (κ1) is 52.0. The molecule has 0 unspecified atom stereocenters. The average molecular weight is 1120 g/mol. The van der Waals surface area contributed by atoms with Crippen LogP contribution in [0.5, 0.6) is 11.5 Å². The van der Waals surface area contributed by atoms with E-state index in [2.05, 4.69) is 28.2 Å². The smallest absolute Gasteiger partial charge is 0.262 e. The van der Waals surface area contributed by atoms with Gasteiger partial charge in [0, 0.05) is 88.9 Å². The fourth-order valence-corrected chi connectivity index (χ4v) is 11.7. The van der Waals surface area contributed by atoms with Gasteiger partial charge in [0.15, 0.2) is 17.3 Å². The molecular formula is C67H52Cl2N8O5. The highest BCUT2D eigenvalue weighted by atomic mass is 35.5. The van der Waals surface area contributed by atoms with E-state index >= 15 is 0 Å². The van der Waals surface area contributed by atoms with Crippen LogP contribution in [-0.4, -0.2) is 48.0 Å². The number of carbonyl (C=O) groups excluding carboxylic acids is 2. The molecule has 0 spiro atoms. The predicted octanol–water partition coefficient (Wildman–Crippen LogP) is 19.0. The van der Waals surface area contributed by atoms with E-state index in [0.29, 0.717) is 80.3 Å². The summed E-state index contributed by atoms with van der Waals surface area (Å²) in [6, 6.07) is 54.1. The first-order valence-corrected chi connectivity index (χ1v) is 28.0. The molecule has 10 aromatic carbocycles. The van der Waals surface area contributed by atoms with Gasteiger partial charge in [-0.25, -0.2) is 0 Å².